The second-order valence-corrected chi connectivity index (χ2v) is 5.27. The van der Waals surface area contributed by atoms with E-state index in [0.29, 0.717) is 43.0 Å². The zero-order chi connectivity index (χ0) is 16.9. The summed E-state index contributed by atoms with van der Waals surface area (Å²) in [6.45, 7) is 1.08. The van der Waals surface area contributed by atoms with Crippen molar-refractivity contribution in [3.05, 3.63) is 47.3 Å². The van der Waals surface area contributed by atoms with Gasteiger partial charge in [0.05, 0.1) is 44.1 Å². The topological polar surface area (TPSA) is 95.9 Å². The van der Waals surface area contributed by atoms with Crippen molar-refractivity contribution in [3.8, 4) is 5.88 Å². The van der Waals surface area contributed by atoms with Gasteiger partial charge in [0.2, 0.25) is 5.88 Å². The quantitative estimate of drug-likeness (QED) is 0.732. The molecule has 3 N–H and O–H groups in total. The van der Waals surface area contributed by atoms with Gasteiger partial charge in [-0.25, -0.2) is 9.37 Å². The summed E-state index contributed by atoms with van der Waals surface area (Å²) in [5.74, 6) is -0.593. The van der Waals surface area contributed by atoms with Crippen LogP contribution in [0.25, 0.3) is 0 Å². The fourth-order valence-corrected chi connectivity index (χ4v) is 2.55. The summed E-state index contributed by atoms with van der Waals surface area (Å²) in [5.41, 5.74) is 3.22. The average Bonchev–Trinajstić information content (AvgIpc) is 3.02. The molecule has 8 heteroatoms. The van der Waals surface area contributed by atoms with Crippen LogP contribution in [0.2, 0.25) is 0 Å². The molecule has 7 nitrogen and oxygen atoms in total. The van der Waals surface area contributed by atoms with Crippen molar-refractivity contribution in [2.75, 3.05) is 25.6 Å². The normalized spacial score (nSPS) is 15.1. The molecular weight excluding hydrogens is 313 g/mol. The van der Waals surface area contributed by atoms with Crippen LogP contribution in [-0.4, -0.2) is 41.2 Å². The Morgan fingerprint density at radius 1 is 1.38 bits per heavy atom. The molecule has 1 aliphatic rings. The molecule has 0 unspecified atom stereocenters. The van der Waals surface area contributed by atoms with E-state index in [2.05, 4.69) is 20.5 Å². The predicted molar refractivity (Wildman–Crippen MR) is 86.9 cm³/mol. The number of hydrogen-bond acceptors (Lipinski definition) is 6. The van der Waals surface area contributed by atoms with E-state index in [1.54, 1.807) is 12.4 Å². The van der Waals surface area contributed by atoms with E-state index in [4.69, 9.17) is 14.9 Å². The van der Waals surface area contributed by atoms with Crippen LogP contribution in [0.4, 0.5) is 10.1 Å². The molecule has 0 bridgehead atoms. The lowest BCUT2D eigenvalue weighted by atomic mass is 9.99. The Labute approximate surface area is 138 Å². The fraction of sp³-hybridized carbons (Fsp3) is 0.312. The molecule has 3 heterocycles. The maximum absolute atomic E-state index is 13.8. The van der Waals surface area contributed by atoms with Gasteiger partial charge in [-0.15, -0.1) is 0 Å². The monoisotopic (exact) mass is 331 g/mol. The molecule has 0 amide bonds. The first kappa shape index (κ1) is 16.1. The van der Waals surface area contributed by atoms with Crippen LogP contribution in [0.15, 0.2) is 35.9 Å². The zero-order valence-electron chi connectivity index (χ0n) is 13.2. The maximum atomic E-state index is 13.8. The van der Waals surface area contributed by atoms with Crippen LogP contribution in [0.1, 0.15) is 18.4 Å². The molecule has 0 atom stereocenters. The third kappa shape index (κ3) is 3.43. The van der Waals surface area contributed by atoms with Gasteiger partial charge in [-0.05, 0) is 12.0 Å². The van der Waals surface area contributed by atoms with Gasteiger partial charge in [0.1, 0.15) is 0 Å². The van der Waals surface area contributed by atoms with E-state index < -0.39 is 5.82 Å². The number of ether oxygens (including phenoxy) is 2. The minimum atomic E-state index is -0.542. The van der Waals surface area contributed by atoms with Crippen molar-refractivity contribution in [2.45, 2.75) is 12.8 Å². The molecule has 0 saturated heterocycles. The maximum Gasteiger partial charge on any atom is 0.250 e. The number of H-pyrrole nitrogens is 1. The van der Waals surface area contributed by atoms with E-state index in [0.717, 1.165) is 11.3 Å². The molecule has 0 spiro atoms. The minimum Gasteiger partial charge on any atom is -0.479 e. The SMILES string of the molecule is COc1ncc(NC2=C(C(=N)c3cn[nH]c3)CCOCC2)cc1F. The van der Waals surface area contributed by atoms with Gasteiger partial charge < -0.3 is 14.8 Å². The Hall–Kier alpha value is -2.74. The van der Waals surface area contributed by atoms with E-state index in [1.165, 1.54) is 19.4 Å². The third-order valence-corrected chi connectivity index (χ3v) is 3.74. The molecule has 2 aromatic rings. The number of nitrogens with zero attached hydrogens (tertiary/aromatic N) is 2. The Morgan fingerprint density at radius 3 is 2.92 bits per heavy atom. The summed E-state index contributed by atoms with van der Waals surface area (Å²) in [6.07, 6.45) is 5.97. The Morgan fingerprint density at radius 2 is 2.21 bits per heavy atom. The van der Waals surface area contributed by atoms with Gasteiger partial charge >= 0.3 is 0 Å². The molecule has 0 radical (unpaired) electrons. The lowest BCUT2D eigenvalue weighted by molar-refractivity contribution is 0.146. The van der Waals surface area contributed by atoms with Crippen molar-refractivity contribution >= 4 is 11.4 Å². The highest BCUT2D eigenvalue weighted by atomic mass is 19.1. The van der Waals surface area contributed by atoms with Crippen LogP contribution in [0.3, 0.4) is 0 Å². The van der Waals surface area contributed by atoms with Gasteiger partial charge in [-0.1, -0.05) is 0 Å². The first-order valence-electron chi connectivity index (χ1n) is 7.53. The van der Waals surface area contributed by atoms with Crippen LogP contribution < -0.4 is 10.1 Å². The van der Waals surface area contributed by atoms with Crippen molar-refractivity contribution in [1.82, 2.24) is 15.2 Å². The molecule has 126 valence electrons. The number of halogens is 1. The second-order valence-electron chi connectivity index (χ2n) is 5.27. The summed E-state index contributed by atoms with van der Waals surface area (Å²) in [5, 5.41) is 18.2. The van der Waals surface area contributed by atoms with Crippen molar-refractivity contribution < 1.29 is 13.9 Å². The van der Waals surface area contributed by atoms with Crippen molar-refractivity contribution in [1.29, 1.82) is 5.41 Å². The van der Waals surface area contributed by atoms with Crippen molar-refractivity contribution in [3.63, 3.8) is 0 Å². The van der Waals surface area contributed by atoms with Gasteiger partial charge in [-0.2, -0.15) is 5.10 Å². The zero-order valence-corrected chi connectivity index (χ0v) is 13.2. The number of pyridine rings is 1. The summed E-state index contributed by atoms with van der Waals surface area (Å²) in [7, 11) is 1.37. The van der Waals surface area contributed by atoms with E-state index in [1.807, 2.05) is 0 Å². The van der Waals surface area contributed by atoms with Gasteiger partial charge in [-0.3, -0.25) is 10.5 Å². The Bertz CT molecular complexity index is 758. The predicted octanol–water partition coefficient (Wildman–Crippen LogP) is 2.50. The lowest BCUT2D eigenvalue weighted by Gasteiger charge is -2.15. The number of aromatic nitrogens is 3. The van der Waals surface area contributed by atoms with Gasteiger partial charge in [0.25, 0.3) is 0 Å². The number of nitrogens with one attached hydrogen (secondary N) is 3. The fourth-order valence-electron chi connectivity index (χ4n) is 2.55. The number of anilines is 1. The highest BCUT2D eigenvalue weighted by molar-refractivity contribution is 6.11. The number of aromatic amines is 1. The highest BCUT2D eigenvalue weighted by Gasteiger charge is 2.18. The van der Waals surface area contributed by atoms with Gasteiger partial charge in [0.15, 0.2) is 5.82 Å². The van der Waals surface area contributed by atoms with Crippen LogP contribution in [0, 0.1) is 11.2 Å². The largest absolute Gasteiger partial charge is 0.479 e. The highest BCUT2D eigenvalue weighted by Crippen LogP contribution is 2.24. The number of hydrogen-bond donors (Lipinski definition) is 3. The van der Waals surface area contributed by atoms with Crippen LogP contribution in [0.5, 0.6) is 5.88 Å². The smallest absolute Gasteiger partial charge is 0.250 e. The first-order valence-corrected chi connectivity index (χ1v) is 7.53. The molecule has 3 rings (SSSR count). The summed E-state index contributed by atoms with van der Waals surface area (Å²) < 4.78 is 24.2. The first-order chi connectivity index (χ1) is 11.7. The molecule has 1 aliphatic heterocycles. The molecule has 0 fully saturated rings. The molecule has 24 heavy (non-hydrogen) atoms. The van der Waals surface area contributed by atoms with E-state index in [-0.39, 0.29) is 5.88 Å². The molecule has 0 aliphatic carbocycles. The summed E-state index contributed by atoms with van der Waals surface area (Å²) >= 11 is 0. The summed E-state index contributed by atoms with van der Waals surface area (Å²) in [4.78, 5) is 3.92. The standard InChI is InChI=1S/C16H18FN5O2/c1-23-16-13(17)6-11(9-19-16)22-14-3-5-24-4-2-12(14)15(18)10-7-20-21-8-10/h6-9,18,22H,2-5H2,1H3,(H,20,21). The Balaban J connectivity index is 1.91. The molecular formula is C16H18FN5O2. The third-order valence-electron chi connectivity index (χ3n) is 3.74. The molecule has 2 aromatic heterocycles. The summed E-state index contributed by atoms with van der Waals surface area (Å²) in [6, 6.07) is 1.32. The minimum absolute atomic E-state index is 0.0508. The van der Waals surface area contributed by atoms with Crippen LogP contribution >= 0.6 is 0 Å². The molecule has 0 aromatic carbocycles. The second kappa shape index (κ2) is 7.22. The molecule has 0 saturated carbocycles. The van der Waals surface area contributed by atoms with Crippen molar-refractivity contribution in [2.24, 2.45) is 0 Å². The van der Waals surface area contributed by atoms with Gasteiger partial charge in [0, 0.05) is 29.9 Å². The lowest BCUT2D eigenvalue weighted by Crippen LogP contribution is -2.12. The average molecular weight is 331 g/mol. The van der Waals surface area contributed by atoms with Crippen LogP contribution in [-0.2, 0) is 4.74 Å². The van der Waals surface area contributed by atoms with E-state index >= 15 is 0 Å². The van der Waals surface area contributed by atoms with E-state index in [9.17, 15) is 4.39 Å². The number of methoxy groups -OCH3 is 1. The number of rotatable bonds is 5. The Kier molecular flexibility index (Phi) is 4.85.